The van der Waals surface area contributed by atoms with Gasteiger partial charge in [-0.1, -0.05) is 11.8 Å². The summed E-state index contributed by atoms with van der Waals surface area (Å²) in [5.41, 5.74) is 0. The van der Waals surface area contributed by atoms with Crippen LogP contribution in [0.2, 0.25) is 0 Å². The number of thioether (sulfide) groups is 1. The van der Waals surface area contributed by atoms with E-state index in [1.54, 1.807) is 14.1 Å². The minimum absolute atomic E-state index is 0.0512. The van der Waals surface area contributed by atoms with Crippen LogP contribution in [0.25, 0.3) is 0 Å². The van der Waals surface area contributed by atoms with Crippen LogP contribution in [0.1, 0.15) is 6.92 Å². The second kappa shape index (κ2) is 4.92. The van der Waals surface area contributed by atoms with E-state index in [9.17, 15) is 9.59 Å². The van der Waals surface area contributed by atoms with Crippen LogP contribution in [0.4, 0.5) is 4.79 Å². The molecule has 0 aliphatic rings. The molecule has 0 saturated heterocycles. The standard InChI is InChI=1S/C8H12N4O2S/c1-6(13)4-15-7-9-5-12(10-7)8(14)11(2)3/h5H,4H2,1-3H3. The van der Waals surface area contributed by atoms with Gasteiger partial charge in [0.1, 0.15) is 12.1 Å². The quantitative estimate of drug-likeness (QED) is 0.704. The number of amides is 1. The van der Waals surface area contributed by atoms with E-state index in [4.69, 9.17) is 0 Å². The largest absolute Gasteiger partial charge is 0.345 e. The number of aromatic nitrogens is 3. The molecule has 0 aliphatic heterocycles. The summed E-state index contributed by atoms with van der Waals surface area (Å²) in [5, 5.41) is 4.36. The van der Waals surface area contributed by atoms with Crippen LogP contribution >= 0.6 is 11.8 Å². The Hall–Kier alpha value is -1.37. The number of hydrogen-bond donors (Lipinski definition) is 0. The first-order chi connectivity index (χ1) is 7.00. The molecule has 0 unspecified atom stereocenters. The molecule has 0 spiro atoms. The average Bonchev–Trinajstić information content (AvgIpc) is 2.61. The highest BCUT2D eigenvalue weighted by molar-refractivity contribution is 7.99. The van der Waals surface area contributed by atoms with Crippen molar-refractivity contribution in [2.75, 3.05) is 19.8 Å². The van der Waals surface area contributed by atoms with E-state index < -0.39 is 0 Å². The molecule has 0 atom stereocenters. The van der Waals surface area contributed by atoms with Crippen molar-refractivity contribution in [2.24, 2.45) is 0 Å². The Morgan fingerprint density at radius 1 is 1.53 bits per heavy atom. The summed E-state index contributed by atoms with van der Waals surface area (Å²) in [4.78, 5) is 27.4. The van der Waals surface area contributed by atoms with E-state index in [-0.39, 0.29) is 11.8 Å². The molecule has 0 aromatic carbocycles. The summed E-state index contributed by atoms with van der Waals surface area (Å²) >= 11 is 1.22. The fourth-order valence-electron chi connectivity index (χ4n) is 0.777. The van der Waals surface area contributed by atoms with Crippen molar-refractivity contribution in [3.63, 3.8) is 0 Å². The molecule has 1 amide bonds. The third kappa shape index (κ3) is 3.35. The van der Waals surface area contributed by atoms with Gasteiger partial charge in [-0.15, -0.1) is 5.10 Å². The molecule has 1 heterocycles. The van der Waals surface area contributed by atoms with Gasteiger partial charge in [0.25, 0.3) is 0 Å². The van der Waals surface area contributed by atoms with Crippen molar-refractivity contribution < 1.29 is 9.59 Å². The van der Waals surface area contributed by atoms with E-state index in [0.29, 0.717) is 10.9 Å². The summed E-state index contributed by atoms with van der Waals surface area (Å²) in [6, 6.07) is -0.267. The van der Waals surface area contributed by atoms with Gasteiger partial charge in [-0.2, -0.15) is 4.68 Å². The topological polar surface area (TPSA) is 68.1 Å². The minimum atomic E-state index is -0.267. The maximum Gasteiger partial charge on any atom is 0.345 e. The monoisotopic (exact) mass is 228 g/mol. The molecule has 6 nitrogen and oxygen atoms in total. The number of carbonyl (C=O) groups is 2. The van der Waals surface area contributed by atoms with Gasteiger partial charge in [-0.3, -0.25) is 4.79 Å². The Bertz CT molecular complexity index is 374. The zero-order chi connectivity index (χ0) is 11.4. The van der Waals surface area contributed by atoms with Crippen LogP contribution in [0.5, 0.6) is 0 Å². The van der Waals surface area contributed by atoms with Gasteiger partial charge in [0.2, 0.25) is 5.16 Å². The lowest BCUT2D eigenvalue weighted by Crippen LogP contribution is -2.27. The third-order valence-electron chi connectivity index (χ3n) is 1.45. The first kappa shape index (κ1) is 11.7. The third-order valence-corrected chi connectivity index (χ3v) is 2.45. The number of Topliss-reactive ketones (excluding diaryl/α,β-unsaturated/α-hetero) is 1. The molecule has 0 bridgehead atoms. The van der Waals surface area contributed by atoms with E-state index in [1.807, 2.05) is 0 Å². The maximum absolute atomic E-state index is 11.4. The van der Waals surface area contributed by atoms with Crippen molar-refractivity contribution in [1.82, 2.24) is 19.7 Å². The molecule has 7 heteroatoms. The number of ketones is 1. The minimum Gasteiger partial charge on any atom is -0.329 e. The highest BCUT2D eigenvalue weighted by atomic mass is 32.2. The Morgan fingerprint density at radius 3 is 2.73 bits per heavy atom. The lowest BCUT2D eigenvalue weighted by Gasteiger charge is -2.07. The molecule has 1 rings (SSSR count). The first-order valence-corrected chi connectivity index (χ1v) is 5.25. The lowest BCUT2D eigenvalue weighted by atomic mass is 10.5. The molecular weight excluding hydrogens is 216 g/mol. The van der Waals surface area contributed by atoms with Gasteiger partial charge in [-0.05, 0) is 6.92 Å². The number of carbonyl (C=O) groups excluding carboxylic acids is 2. The molecular formula is C8H12N4O2S. The van der Waals surface area contributed by atoms with Crippen molar-refractivity contribution in [3.05, 3.63) is 6.33 Å². The fourth-order valence-corrected chi connectivity index (χ4v) is 1.38. The molecule has 0 radical (unpaired) electrons. The molecule has 0 saturated carbocycles. The highest BCUT2D eigenvalue weighted by Gasteiger charge is 2.10. The van der Waals surface area contributed by atoms with Crippen molar-refractivity contribution in [1.29, 1.82) is 0 Å². The van der Waals surface area contributed by atoms with Crippen molar-refractivity contribution in [2.45, 2.75) is 12.1 Å². The van der Waals surface area contributed by atoms with Crippen LogP contribution < -0.4 is 0 Å². The SMILES string of the molecule is CC(=O)CSc1ncn(C(=O)N(C)C)n1. The van der Waals surface area contributed by atoms with Crippen LogP contribution in [0.3, 0.4) is 0 Å². The number of nitrogens with zero attached hydrogens (tertiary/aromatic N) is 4. The number of hydrogen-bond acceptors (Lipinski definition) is 5. The maximum atomic E-state index is 11.4. The molecule has 0 fully saturated rings. The molecule has 0 aliphatic carbocycles. The zero-order valence-electron chi connectivity index (χ0n) is 8.80. The summed E-state index contributed by atoms with van der Waals surface area (Å²) in [7, 11) is 3.26. The Labute approximate surface area is 91.7 Å². The van der Waals surface area contributed by atoms with E-state index in [0.717, 1.165) is 4.68 Å². The van der Waals surface area contributed by atoms with E-state index in [1.165, 1.54) is 29.9 Å². The second-order valence-electron chi connectivity index (χ2n) is 3.14. The number of rotatable bonds is 3. The fraction of sp³-hybridized carbons (Fsp3) is 0.500. The first-order valence-electron chi connectivity index (χ1n) is 4.26. The molecule has 82 valence electrons. The Balaban J connectivity index is 2.64. The summed E-state index contributed by atoms with van der Waals surface area (Å²) in [6.45, 7) is 1.50. The van der Waals surface area contributed by atoms with Gasteiger partial charge in [0.05, 0.1) is 5.75 Å². The van der Waals surface area contributed by atoms with Gasteiger partial charge in [0, 0.05) is 14.1 Å². The zero-order valence-corrected chi connectivity index (χ0v) is 9.61. The van der Waals surface area contributed by atoms with E-state index in [2.05, 4.69) is 10.1 Å². The smallest absolute Gasteiger partial charge is 0.329 e. The average molecular weight is 228 g/mol. The summed E-state index contributed by atoms with van der Waals surface area (Å²) in [6.07, 6.45) is 1.34. The van der Waals surface area contributed by atoms with Gasteiger partial charge in [0.15, 0.2) is 0 Å². The van der Waals surface area contributed by atoms with Crippen molar-refractivity contribution in [3.8, 4) is 0 Å². The summed E-state index contributed by atoms with van der Waals surface area (Å²) in [5.74, 6) is 0.371. The Kier molecular flexibility index (Phi) is 3.84. The van der Waals surface area contributed by atoms with Crippen molar-refractivity contribution >= 4 is 23.6 Å². The van der Waals surface area contributed by atoms with Gasteiger partial charge >= 0.3 is 6.03 Å². The predicted octanol–water partition coefficient (Wildman–Crippen LogP) is 0.489. The second-order valence-corrected chi connectivity index (χ2v) is 4.08. The van der Waals surface area contributed by atoms with Gasteiger partial charge < -0.3 is 4.90 Å². The van der Waals surface area contributed by atoms with Crippen LogP contribution in [-0.2, 0) is 4.79 Å². The lowest BCUT2D eigenvalue weighted by molar-refractivity contribution is -0.114. The van der Waals surface area contributed by atoms with Crippen LogP contribution in [0.15, 0.2) is 11.5 Å². The molecule has 0 N–H and O–H groups in total. The highest BCUT2D eigenvalue weighted by Crippen LogP contribution is 2.11. The molecule has 1 aromatic heterocycles. The van der Waals surface area contributed by atoms with Crippen LogP contribution in [0, 0.1) is 0 Å². The molecule has 15 heavy (non-hydrogen) atoms. The van der Waals surface area contributed by atoms with E-state index >= 15 is 0 Å². The predicted molar refractivity (Wildman–Crippen MR) is 55.9 cm³/mol. The van der Waals surface area contributed by atoms with Gasteiger partial charge in [-0.25, -0.2) is 9.78 Å². The molecule has 1 aromatic rings. The summed E-state index contributed by atoms with van der Waals surface area (Å²) < 4.78 is 1.14. The Morgan fingerprint density at radius 2 is 2.20 bits per heavy atom. The van der Waals surface area contributed by atoms with Crippen LogP contribution in [-0.4, -0.2) is 51.3 Å². The normalized spacial score (nSPS) is 10.1.